The maximum Gasteiger partial charge on any atom is 0.251 e. The molecule has 2 amide bonds. The summed E-state index contributed by atoms with van der Waals surface area (Å²) < 4.78 is 27.6. The molecule has 2 aliphatic heterocycles. The van der Waals surface area contributed by atoms with Crippen molar-refractivity contribution in [3.8, 4) is 0 Å². The van der Waals surface area contributed by atoms with E-state index in [-0.39, 0.29) is 42.4 Å². The molecule has 3 atom stereocenters. The Balaban J connectivity index is 1.50. The Labute approximate surface area is 224 Å². The lowest BCUT2D eigenvalue weighted by Gasteiger charge is -2.29. The number of sulfonamides is 1. The van der Waals surface area contributed by atoms with Crippen LogP contribution in [0, 0.1) is 5.92 Å². The largest absolute Gasteiger partial charge is 0.340 e. The molecule has 2 aliphatic rings. The van der Waals surface area contributed by atoms with E-state index in [1.54, 1.807) is 30.5 Å². The topological polar surface area (TPSA) is 117 Å². The van der Waals surface area contributed by atoms with Crippen molar-refractivity contribution < 1.29 is 22.8 Å². The van der Waals surface area contributed by atoms with Crippen LogP contribution in [0.2, 0.25) is 0 Å². The molecule has 38 heavy (non-hydrogen) atoms. The van der Waals surface area contributed by atoms with Crippen molar-refractivity contribution in [1.29, 1.82) is 0 Å². The minimum absolute atomic E-state index is 0.113. The predicted octanol–water partition coefficient (Wildman–Crippen LogP) is 2.73. The van der Waals surface area contributed by atoms with Crippen LogP contribution in [0.4, 0.5) is 0 Å². The third-order valence-corrected chi connectivity index (χ3v) is 9.05. The standard InChI is InChI=1S/C28H36N4O5S/c1-18(2)14-23(30-27(34)22-9-7-21(8-10-22)19(3)4)28(35)31-13-11-24-26(31)25(33)16-32(24)38(36,37)17-20-6-5-12-29-15-20/h5-10,12,15,18-19,23-24,26H,11,13-14,16-17H2,1-4H3,(H,30,34). The summed E-state index contributed by atoms with van der Waals surface area (Å²) in [7, 11) is -3.79. The third kappa shape index (κ3) is 5.96. The van der Waals surface area contributed by atoms with Crippen LogP contribution < -0.4 is 5.32 Å². The van der Waals surface area contributed by atoms with E-state index in [9.17, 15) is 22.8 Å². The molecule has 0 aliphatic carbocycles. The van der Waals surface area contributed by atoms with Crippen LogP contribution >= 0.6 is 0 Å². The maximum absolute atomic E-state index is 13.7. The molecule has 3 heterocycles. The number of aromatic nitrogens is 1. The van der Waals surface area contributed by atoms with Crippen molar-refractivity contribution in [3.63, 3.8) is 0 Å². The first-order valence-corrected chi connectivity index (χ1v) is 14.7. The highest BCUT2D eigenvalue weighted by atomic mass is 32.2. The second kappa shape index (κ2) is 11.3. The number of hydrogen-bond acceptors (Lipinski definition) is 6. The van der Waals surface area contributed by atoms with Crippen molar-refractivity contribution in [3.05, 3.63) is 65.5 Å². The first-order valence-electron chi connectivity index (χ1n) is 13.1. The molecule has 3 unspecified atom stereocenters. The highest BCUT2D eigenvalue weighted by molar-refractivity contribution is 7.88. The van der Waals surface area contributed by atoms with E-state index in [1.807, 2.05) is 26.0 Å². The summed E-state index contributed by atoms with van der Waals surface area (Å²) in [6, 6.07) is 8.39. The number of benzene rings is 1. The number of hydrogen-bond donors (Lipinski definition) is 1. The van der Waals surface area contributed by atoms with E-state index in [0.29, 0.717) is 29.9 Å². The van der Waals surface area contributed by atoms with Crippen molar-refractivity contribution in [1.82, 2.24) is 19.5 Å². The third-order valence-electron chi connectivity index (χ3n) is 7.24. The Morgan fingerprint density at radius 3 is 2.42 bits per heavy atom. The van der Waals surface area contributed by atoms with Gasteiger partial charge in [-0.3, -0.25) is 19.4 Å². The molecule has 2 fully saturated rings. The monoisotopic (exact) mass is 540 g/mol. The highest BCUT2D eigenvalue weighted by Crippen LogP contribution is 2.33. The molecule has 10 heteroatoms. The molecule has 1 N–H and O–H groups in total. The number of carbonyl (C=O) groups excluding carboxylic acids is 3. The molecule has 1 aromatic carbocycles. The van der Waals surface area contributed by atoms with Crippen LogP contribution in [0.15, 0.2) is 48.8 Å². The molecular weight excluding hydrogens is 504 g/mol. The number of ketones is 1. The van der Waals surface area contributed by atoms with Gasteiger partial charge < -0.3 is 10.2 Å². The minimum Gasteiger partial charge on any atom is -0.340 e. The lowest BCUT2D eigenvalue weighted by atomic mass is 10.00. The molecule has 0 radical (unpaired) electrons. The predicted molar refractivity (Wildman–Crippen MR) is 144 cm³/mol. The first-order chi connectivity index (χ1) is 18.0. The quantitative estimate of drug-likeness (QED) is 0.523. The zero-order chi connectivity index (χ0) is 27.6. The van der Waals surface area contributed by atoms with Gasteiger partial charge in [-0.2, -0.15) is 4.31 Å². The summed E-state index contributed by atoms with van der Waals surface area (Å²) in [6.45, 7) is 8.07. The van der Waals surface area contributed by atoms with Crippen molar-refractivity contribution in [2.45, 2.75) is 70.3 Å². The first kappa shape index (κ1) is 27.9. The summed E-state index contributed by atoms with van der Waals surface area (Å²) in [5.41, 5.74) is 2.11. The van der Waals surface area contributed by atoms with E-state index in [1.165, 1.54) is 15.4 Å². The number of amides is 2. The van der Waals surface area contributed by atoms with Crippen LogP contribution in [0.25, 0.3) is 0 Å². The van der Waals surface area contributed by atoms with Gasteiger partial charge in [-0.15, -0.1) is 0 Å². The van der Waals surface area contributed by atoms with Gasteiger partial charge in [-0.1, -0.05) is 45.9 Å². The molecule has 1 aromatic heterocycles. The van der Waals surface area contributed by atoms with E-state index in [4.69, 9.17) is 0 Å². The smallest absolute Gasteiger partial charge is 0.251 e. The van der Waals surface area contributed by atoms with Gasteiger partial charge in [0.05, 0.1) is 18.3 Å². The van der Waals surface area contributed by atoms with Gasteiger partial charge >= 0.3 is 0 Å². The Kier molecular flexibility index (Phi) is 8.32. The fraction of sp³-hybridized carbons (Fsp3) is 0.500. The normalized spacial score (nSPS) is 20.7. The molecule has 0 spiro atoms. The fourth-order valence-corrected chi connectivity index (χ4v) is 7.03. The number of Topliss-reactive ketones (excluding diaryl/α,β-unsaturated/α-hetero) is 1. The molecule has 4 rings (SSSR count). The Morgan fingerprint density at radius 2 is 1.82 bits per heavy atom. The van der Waals surface area contributed by atoms with Crippen LogP contribution in [0.1, 0.15) is 67.9 Å². The average Bonchev–Trinajstić information content (AvgIpc) is 3.45. The van der Waals surface area contributed by atoms with Crippen LogP contribution in [-0.2, 0) is 25.4 Å². The number of nitrogens with zero attached hydrogens (tertiary/aromatic N) is 3. The summed E-state index contributed by atoms with van der Waals surface area (Å²) in [5, 5.41) is 2.88. The SMILES string of the molecule is CC(C)CC(NC(=O)c1ccc(C(C)C)cc1)C(=O)N1CCC2C1C(=O)CN2S(=O)(=O)Cc1cccnc1. The second-order valence-corrected chi connectivity index (χ2v) is 12.8. The Bertz CT molecular complexity index is 1280. The zero-order valence-corrected chi connectivity index (χ0v) is 23.1. The number of pyridine rings is 1. The van der Waals surface area contributed by atoms with E-state index >= 15 is 0 Å². The van der Waals surface area contributed by atoms with E-state index in [2.05, 4.69) is 24.1 Å². The second-order valence-electron chi connectivity index (χ2n) is 10.9. The van der Waals surface area contributed by atoms with Crippen LogP contribution in [0.3, 0.4) is 0 Å². The molecular formula is C28H36N4O5S. The minimum atomic E-state index is -3.79. The van der Waals surface area contributed by atoms with Crippen molar-refractivity contribution in [2.24, 2.45) is 5.92 Å². The van der Waals surface area contributed by atoms with Gasteiger partial charge in [0, 0.05) is 24.5 Å². The highest BCUT2D eigenvalue weighted by Gasteiger charge is 2.54. The van der Waals surface area contributed by atoms with E-state index < -0.39 is 28.1 Å². The van der Waals surface area contributed by atoms with Gasteiger partial charge in [0.15, 0.2) is 5.78 Å². The summed E-state index contributed by atoms with van der Waals surface area (Å²) >= 11 is 0. The van der Waals surface area contributed by atoms with E-state index in [0.717, 1.165) is 5.56 Å². The Morgan fingerprint density at radius 1 is 1.11 bits per heavy atom. The fourth-order valence-electron chi connectivity index (χ4n) is 5.31. The molecule has 0 saturated carbocycles. The number of likely N-dealkylation sites (tertiary alicyclic amines) is 1. The lowest BCUT2D eigenvalue weighted by molar-refractivity contribution is -0.138. The van der Waals surface area contributed by atoms with Gasteiger partial charge in [-0.25, -0.2) is 8.42 Å². The van der Waals surface area contributed by atoms with Gasteiger partial charge in [0.1, 0.15) is 12.1 Å². The molecule has 2 saturated heterocycles. The zero-order valence-electron chi connectivity index (χ0n) is 22.3. The number of nitrogens with one attached hydrogen (secondary N) is 1. The summed E-state index contributed by atoms with van der Waals surface area (Å²) in [6.07, 6.45) is 3.83. The maximum atomic E-state index is 13.7. The molecule has 204 valence electrons. The van der Waals surface area contributed by atoms with Crippen molar-refractivity contribution in [2.75, 3.05) is 13.1 Å². The molecule has 2 aromatic rings. The van der Waals surface area contributed by atoms with Crippen LogP contribution in [0.5, 0.6) is 0 Å². The number of carbonyl (C=O) groups is 3. The summed E-state index contributed by atoms with van der Waals surface area (Å²) in [4.78, 5) is 45.3. The number of fused-ring (bicyclic) bond motifs is 1. The number of rotatable bonds is 9. The summed E-state index contributed by atoms with van der Waals surface area (Å²) in [5.74, 6) is -0.808. The van der Waals surface area contributed by atoms with Gasteiger partial charge in [-0.05, 0) is 54.0 Å². The van der Waals surface area contributed by atoms with Gasteiger partial charge in [0.2, 0.25) is 15.9 Å². The Hall–Kier alpha value is -3.11. The van der Waals surface area contributed by atoms with Crippen molar-refractivity contribution >= 4 is 27.6 Å². The lowest BCUT2D eigenvalue weighted by Crippen LogP contribution is -2.53. The van der Waals surface area contributed by atoms with Gasteiger partial charge in [0.25, 0.3) is 5.91 Å². The average molecular weight is 541 g/mol. The molecule has 9 nitrogen and oxygen atoms in total. The van der Waals surface area contributed by atoms with Crippen LogP contribution in [-0.4, -0.2) is 71.4 Å². The molecule has 0 bridgehead atoms.